The second-order valence-corrected chi connectivity index (χ2v) is 14.7. The van der Waals surface area contributed by atoms with Gasteiger partial charge < -0.3 is 9.16 Å². The molecule has 1 aromatic carbocycles. The van der Waals surface area contributed by atoms with E-state index in [0.29, 0.717) is 45.2 Å². The van der Waals surface area contributed by atoms with Gasteiger partial charge in [-0.2, -0.15) is 0 Å². The lowest BCUT2D eigenvalue weighted by Crippen LogP contribution is -2.50. The number of alkyl halides is 2. The summed E-state index contributed by atoms with van der Waals surface area (Å²) in [7, 11) is -2.03. The van der Waals surface area contributed by atoms with Crippen molar-refractivity contribution < 1.29 is 14.0 Å². The molecular formula is C20H30Br2O3Si. The number of halogens is 2. The van der Waals surface area contributed by atoms with Crippen LogP contribution in [0.15, 0.2) is 18.2 Å². The van der Waals surface area contributed by atoms with Gasteiger partial charge in [0.1, 0.15) is 18.1 Å². The van der Waals surface area contributed by atoms with E-state index < -0.39 is 13.7 Å². The van der Waals surface area contributed by atoms with Gasteiger partial charge in [-0.1, -0.05) is 73.4 Å². The summed E-state index contributed by atoms with van der Waals surface area (Å²) in [5, 5.41) is 1.15. The summed E-state index contributed by atoms with van der Waals surface area (Å²) in [6.45, 7) is 14.0. The van der Waals surface area contributed by atoms with E-state index in [4.69, 9.17) is 9.16 Å². The molecule has 0 amide bonds. The normalized spacial score (nSPS) is 16.8. The van der Waals surface area contributed by atoms with Crippen molar-refractivity contribution in [2.24, 2.45) is 5.41 Å². The Kier molecular flexibility index (Phi) is 7.06. The maximum Gasteiger partial charge on any atom is 0.258 e. The number of ketones is 1. The maximum atomic E-state index is 12.9. The van der Waals surface area contributed by atoms with Crippen molar-refractivity contribution in [3.63, 3.8) is 0 Å². The highest BCUT2D eigenvalue weighted by molar-refractivity contribution is 9.09. The summed E-state index contributed by atoms with van der Waals surface area (Å²) in [5.74, 6) is 1.59. The first-order chi connectivity index (χ1) is 12.1. The van der Waals surface area contributed by atoms with Crippen LogP contribution in [0.2, 0.25) is 16.6 Å². The summed E-state index contributed by atoms with van der Waals surface area (Å²) in [6.07, 6.45) is 0. The Morgan fingerprint density at radius 1 is 1.08 bits per heavy atom. The highest BCUT2D eigenvalue weighted by atomic mass is 79.9. The fourth-order valence-electron chi connectivity index (χ4n) is 4.23. The predicted octanol–water partition coefficient (Wildman–Crippen LogP) is 6.59. The van der Waals surface area contributed by atoms with Gasteiger partial charge in [-0.3, -0.25) is 4.79 Å². The van der Waals surface area contributed by atoms with Crippen LogP contribution in [0.3, 0.4) is 0 Å². The first-order valence-electron chi connectivity index (χ1n) is 9.27. The van der Waals surface area contributed by atoms with Gasteiger partial charge in [0.15, 0.2) is 5.78 Å². The molecule has 3 nitrogen and oxygen atoms in total. The van der Waals surface area contributed by atoms with E-state index in [1.54, 1.807) is 0 Å². The van der Waals surface area contributed by atoms with Crippen LogP contribution in [0.1, 0.15) is 51.9 Å². The van der Waals surface area contributed by atoms with Crippen LogP contribution in [-0.2, 0) is 0 Å². The van der Waals surface area contributed by atoms with Crippen LogP contribution in [0.5, 0.6) is 11.5 Å². The molecule has 0 N–H and O–H groups in total. The number of benzene rings is 1. The van der Waals surface area contributed by atoms with Crippen molar-refractivity contribution >= 4 is 46.0 Å². The topological polar surface area (TPSA) is 35.5 Å². The van der Waals surface area contributed by atoms with E-state index in [0.717, 1.165) is 5.75 Å². The zero-order chi connectivity index (χ0) is 19.7. The first kappa shape index (κ1) is 22.0. The van der Waals surface area contributed by atoms with Crippen molar-refractivity contribution in [3.8, 4) is 11.5 Å². The van der Waals surface area contributed by atoms with Gasteiger partial charge in [-0.05, 0) is 28.8 Å². The zero-order valence-corrected chi connectivity index (χ0v) is 20.7. The minimum absolute atomic E-state index is 0.124. The maximum absolute atomic E-state index is 12.9. The number of Topliss-reactive ketones (excluding diaryl/α,β-unsaturated/α-hetero) is 1. The Balaban J connectivity index is 2.40. The molecular weight excluding hydrogens is 476 g/mol. The SMILES string of the molecule is CC(C)[Si](Oc1ccc2c(c1)OCC(CBr)(CBr)C2=O)(C(C)C)C(C)C. The molecule has 0 spiro atoms. The van der Waals surface area contributed by atoms with Crippen molar-refractivity contribution in [1.82, 2.24) is 0 Å². The number of hydrogen-bond acceptors (Lipinski definition) is 3. The molecule has 0 aliphatic carbocycles. The van der Waals surface area contributed by atoms with Gasteiger partial charge in [-0.15, -0.1) is 0 Å². The van der Waals surface area contributed by atoms with Crippen molar-refractivity contribution in [2.45, 2.75) is 58.2 Å². The molecule has 1 aliphatic rings. The largest absolute Gasteiger partial charge is 0.543 e. The molecule has 0 aromatic heterocycles. The average Bonchev–Trinajstić information content (AvgIpc) is 2.59. The Morgan fingerprint density at radius 3 is 2.08 bits per heavy atom. The number of carbonyl (C=O) groups is 1. The number of rotatable bonds is 7. The minimum atomic E-state index is -2.03. The lowest BCUT2D eigenvalue weighted by Gasteiger charge is -2.42. The summed E-state index contributed by atoms with van der Waals surface area (Å²) in [4.78, 5) is 12.9. The lowest BCUT2D eigenvalue weighted by molar-refractivity contribution is 0.0716. The summed E-state index contributed by atoms with van der Waals surface area (Å²) < 4.78 is 12.7. The molecule has 0 radical (unpaired) electrons. The van der Waals surface area contributed by atoms with Crippen LogP contribution in [-0.4, -0.2) is 31.4 Å². The molecule has 146 valence electrons. The number of hydrogen-bond donors (Lipinski definition) is 0. The molecule has 0 atom stereocenters. The summed E-state index contributed by atoms with van der Waals surface area (Å²) >= 11 is 6.95. The third-order valence-electron chi connectivity index (χ3n) is 5.70. The fourth-order valence-corrected chi connectivity index (χ4v) is 11.2. The number of fused-ring (bicyclic) bond motifs is 1. The van der Waals surface area contributed by atoms with Crippen molar-refractivity contribution in [3.05, 3.63) is 23.8 Å². The van der Waals surface area contributed by atoms with Gasteiger partial charge in [0, 0.05) is 16.7 Å². The second kappa shape index (κ2) is 8.35. The van der Waals surface area contributed by atoms with E-state index in [1.807, 2.05) is 18.2 Å². The van der Waals surface area contributed by atoms with Crippen LogP contribution in [0, 0.1) is 5.41 Å². The van der Waals surface area contributed by atoms with E-state index in [1.165, 1.54) is 0 Å². The Hall–Kier alpha value is -0.333. The third kappa shape index (κ3) is 3.66. The van der Waals surface area contributed by atoms with Crippen LogP contribution < -0.4 is 9.16 Å². The predicted molar refractivity (Wildman–Crippen MR) is 118 cm³/mol. The van der Waals surface area contributed by atoms with E-state index in [2.05, 4.69) is 73.4 Å². The van der Waals surface area contributed by atoms with Crippen molar-refractivity contribution in [2.75, 3.05) is 17.3 Å². The van der Waals surface area contributed by atoms with Crippen molar-refractivity contribution in [1.29, 1.82) is 0 Å². The quantitative estimate of drug-likeness (QED) is 0.309. The molecule has 0 fully saturated rings. The smallest absolute Gasteiger partial charge is 0.258 e. The van der Waals surface area contributed by atoms with Gasteiger partial charge >= 0.3 is 0 Å². The fraction of sp³-hybridized carbons (Fsp3) is 0.650. The van der Waals surface area contributed by atoms with E-state index in [-0.39, 0.29) is 5.78 Å². The van der Waals surface area contributed by atoms with E-state index >= 15 is 0 Å². The highest BCUT2D eigenvalue weighted by Crippen LogP contribution is 2.44. The first-order valence-corrected chi connectivity index (χ1v) is 13.7. The van der Waals surface area contributed by atoms with Gasteiger partial charge in [-0.25, -0.2) is 0 Å². The molecule has 0 bridgehead atoms. The average molecular weight is 506 g/mol. The van der Waals surface area contributed by atoms with Gasteiger partial charge in [0.25, 0.3) is 8.32 Å². The second-order valence-electron chi connectivity index (χ2n) is 8.24. The molecule has 0 saturated carbocycles. The molecule has 0 unspecified atom stereocenters. The number of ether oxygens (including phenoxy) is 1. The van der Waals surface area contributed by atoms with Gasteiger partial charge in [0.05, 0.1) is 11.0 Å². The Morgan fingerprint density at radius 2 is 1.62 bits per heavy atom. The molecule has 1 heterocycles. The van der Waals surface area contributed by atoms with Gasteiger partial charge in [0.2, 0.25) is 0 Å². The monoisotopic (exact) mass is 504 g/mol. The standard InChI is InChI=1S/C20H30Br2O3Si/c1-13(2)26(14(3)4,15(5)6)25-16-7-8-17-18(9-16)24-12-20(10-21,11-22)19(17)23/h7-9,13-15H,10-12H2,1-6H3. The van der Waals surface area contributed by atoms with E-state index in [9.17, 15) is 4.79 Å². The lowest BCUT2D eigenvalue weighted by atomic mass is 9.83. The molecule has 2 rings (SSSR count). The zero-order valence-electron chi connectivity index (χ0n) is 16.6. The molecule has 1 aliphatic heterocycles. The molecule has 1 aromatic rings. The van der Waals surface area contributed by atoms with Crippen LogP contribution in [0.4, 0.5) is 0 Å². The molecule has 6 heteroatoms. The summed E-state index contributed by atoms with van der Waals surface area (Å²) in [5.41, 5.74) is 1.59. The number of carbonyl (C=O) groups excluding carboxylic acids is 1. The Labute approximate surface area is 175 Å². The van der Waals surface area contributed by atoms with Crippen LogP contribution in [0.25, 0.3) is 0 Å². The molecule has 0 saturated heterocycles. The third-order valence-corrected chi connectivity index (χ3v) is 13.8. The van der Waals surface area contributed by atoms with Crippen LogP contribution >= 0.6 is 31.9 Å². The summed E-state index contributed by atoms with van der Waals surface area (Å²) in [6, 6.07) is 5.72. The Bertz CT molecular complexity index is 633. The minimum Gasteiger partial charge on any atom is -0.543 e. The highest BCUT2D eigenvalue weighted by Gasteiger charge is 2.47. The molecule has 26 heavy (non-hydrogen) atoms.